The molecular weight excluding hydrogens is 463 g/mol. The summed E-state index contributed by atoms with van der Waals surface area (Å²) in [6.07, 6.45) is 2.89. The van der Waals surface area contributed by atoms with Crippen molar-refractivity contribution in [2.45, 2.75) is 17.3 Å². The van der Waals surface area contributed by atoms with Crippen LogP contribution in [-0.2, 0) is 6.54 Å². The summed E-state index contributed by atoms with van der Waals surface area (Å²) in [5.41, 5.74) is 1.06. The average molecular weight is 483 g/mol. The molecule has 8 heteroatoms. The monoisotopic (exact) mass is 482 g/mol. The van der Waals surface area contributed by atoms with E-state index in [1.54, 1.807) is 30.1 Å². The number of aromatic nitrogens is 1. The fourth-order valence-electron chi connectivity index (χ4n) is 1.76. The molecule has 0 fully saturated rings. The molecule has 1 aromatic carbocycles. The van der Waals surface area contributed by atoms with Gasteiger partial charge in [0.1, 0.15) is 4.34 Å². The third-order valence-corrected chi connectivity index (χ3v) is 5.30. The second kappa shape index (κ2) is 11.9. The second-order valence-corrected chi connectivity index (χ2v) is 7.09. The number of nitrogens with zero attached hydrogens (tertiary/aromatic N) is 2. The van der Waals surface area contributed by atoms with Crippen LogP contribution in [0.1, 0.15) is 12.0 Å². The van der Waals surface area contributed by atoms with E-state index >= 15 is 0 Å². The number of hydrogen-bond acceptors (Lipinski definition) is 4. The number of aliphatic imine (C=N–C) groups is 1. The van der Waals surface area contributed by atoms with Crippen LogP contribution >= 0.6 is 58.7 Å². The Morgan fingerprint density at radius 2 is 2.17 bits per heavy atom. The van der Waals surface area contributed by atoms with Gasteiger partial charge in [-0.3, -0.25) is 4.99 Å². The first-order valence-corrected chi connectivity index (χ1v) is 9.24. The molecule has 2 N–H and O–H groups in total. The summed E-state index contributed by atoms with van der Waals surface area (Å²) in [5, 5.41) is 9.34. The van der Waals surface area contributed by atoms with Gasteiger partial charge in [0.25, 0.3) is 0 Å². The molecule has 23 heavy (non-hydrogen) atoms. The zero-order valence-corrected chi connectivity index (χ0v) is 17.5. The van der Waals surface area contributed by atoms with E-state index in [1.807, 2.05) is 35.8 Å². The number of halogens is 2. The fourth-order valence-corrected chi connectivity index (χ4v) is 3.61. The number of hydrogen-bond donors (Lipinski definition) is 2. The lowest BCUT2D eigenvalue weighted by Gasteiger charge is -2.12. The molecule has 0 radical (unpaired) electrons. The molecule has 0 atom stereocenters. The maximum absolute atomic E-state index is 6.14. The predicted molar refractivity (Wildman–Crippen MR) is 113 cm³/mol. The van der Waals surface area contributed by atoms with E-state index in [0.717, 1.165) is 39.6 Å². The topological polar surface area (TPSA) is 49.3 Å². The Morgan fingerprint density at radius 3 is 2.87 bits per heavy atom. The first kappa shape index (κ1) is 20.5. The summed E-state index contributed by atoms with van der Waals surface area (Å²) >= 11 is 9.61. The number of thioether (sulfide) groups is 1. The highest BCUT2D eigenvalue weighted by molar-refractivity contribution is 14.0. The molecule has 126 valence electrons. The van der Waals surface area contributed by atoms with Gasteiger partial charge in [-0.2, -0.15) is 0 Å². The summed E-state index contributed by atoms with van der Waals surface area (Å²) < 4.78 is 1.13. The van der Waals surface area contributed by atoms with Crippen LogP contribution < -0.4 is 10.6 Å². The van der Waals surface area contributed by atoms with Crippen molar-refractivity contribution in [2.24, 2.45) is 4.99 Å². The molecule has 4 nitrogen and oxygen atoms in total. The molecule has 0 amide bonds. The molecule has 0 aliphatic rings. The lowest BCUT2D eigenvalue weighted by Crippen LogP contribution is -2.37. The number of thiazole rings is 1. The minimum Gasteiger partial charge on any atom is -0.356 e. The summed E-state index contributed by atoms with van der Waals surface area (Å²) in [6.45, 7) is 1.54. The Morgan fingerprint density at radius 1 is 1.35 bits per heavy atom. The largest absolute Gasteiger partial charge is 0.356 e. The number of benzene rings is 1. The Hall–Kier alpha value is -0.510. The van der Waals surface area contributed by atoms with Crippen LogP contribution in [0.15, 0.2) is 45.2 Å². The second-order valence-electron chi connectivity index (χ2n) is 4.44. The average Bonchev–Trinajstić information content (AvgIpc) is 3.05. The molecule has 0 unspecified atom stereocenters. The van der Waals surface area contributed by atoms with Gasteiger partial charge in [0.15, 0.2) is 5.96 Å². The third kappa shape index (κ3) is 7.73. The smallest absolute Gasteiger partial charge is 0.191 e. The highest BCUT2D eigenvalue weighted by Gasteiger charge is 2.01. The van der Waals surface area contributed by atoms with Gasteiger partial charge in [-0.25, -0.2) is 4.98 Å². The Bertz CT molecular complexity index is 593. The summed E-state index contributed by atoms with van der Waals surface area (Å²) in [7, 11) is 1.77. The summed E-state index contributed by atoms with van der Waals surface area (Å²) in [5.74, 6) is 1.83. The molecule has 2 aromatic rings. The molecule has 0 aliphatic heterocycles. The first-order valence-electron chi connectivity index (χ1n) is 7.00. The minimum absolute atomic E-state index is 0. The van der Waals surface area contributed by atoms with Crippen molar-refractivity contribution < 1.29 is 0 Å². The number of rotatable bonds is 7. The molecule has 1 aromatic heterocycles. The van der Waals surface area contributed by atoms with Gasteiger partial charge < -0.3 is 10.6 Å². The van der Waals surface area contributed by atoms with E-state index in [2.05, 4.69) is 20.6 Å². The quantitative estimate of drug-likeness (QED) is 0.204. The molecule has 0 saturated heterocycles. The van der Waals surface area contributed by atoms with Gasteiger partial charge in [0.2, 0.25) is 0 Å². The summed E-state index contributed by atoms with van der Waals surface area (Å²) in [4.78, 5) is 8.46. The van der Waals surface area contributed by atoms with Crippen molar-refractivity contribution in [1.29, 1.82) is 0 Å². The number of nitrogens with one attached hydrogen (secondary N) is 2. The van der Waals surface area contributed by atoms with E-state index in [1.165, 1.54) is 0 Å². The minimum atomic E-state index is 0. The number of guanidine groups is 1. The van der Waals surface area contributed by atoms with E-state index in [4.69, 9.17) is 11.6 Å². The van der Waals surface area contributed by atoms with E-state index in [9.17, 15) is 0 Å². The van der Waals surface area contributed by atoms with Crippen LogP contribution in [0.25, 0.3) is 0 Å². The zero-order chi connectivity index (χ0) is 15.6. The van der Waals surface area contributed by atoms with Crippen molar-refractivity contribution >= 4 is 64.6 Å². The standard InChI is InChI=1S/C15H19ClN4S2.HI/c1-17-14(20-11-12-5-2-3-6-13(12)16)18-7-4-9-21-15-19-8-10-22-15;/h2-3,5-6,8,10H,4,7,9,11H2,1H3,(H2,17,18,20);1H. The van der Waals surface area contributed by atoms with E-state index in [-0.39, 0.29) is 24.0 Å². The van der Waals surface area contributed by atoms with E-state index < -0.39 is 0 Å². The van der Waals surface area contributed by atoms with Crippen molar-refractivity contribution in [3.05, 3.63) is 46.4 Å². The molecule has 0 aliphatic carbocycles. The lowest BCUT2D eigenvalue weighted by molar-refractivity contribution is 0.785. The van der Waals surface area contributed by atoms with Crippen molar-refractivity contribution in [3.8, 4) is 0 Å². The molecule has 0 spiro atoms. The Balaban J connectivity index is 0.00000264. The van der Waals surface area contributed by atoms with Crippen LogP contribution in [0, 0.1) is 0 Å². The molecule has 2 rings (SSSR count). The maximum atomic E-state index is 6.14. The van der Waals surface area contributed by atoms with Crippen molar-refractivity contribution in [1.82, 2.24) is 15.6 Å². The van der Waals surface area contributed by atoms with Crippen LogP contribution in [0.2, 0.25) is 5.02 Å². The lowest BCUT2D eigenvalue weighted by atomic mass is 10.2. The van der Waals surface area contributed by atoms with Crippen molar-refractivity contribution in [3.63, 3.8) is 0 Å². The molecule has 0 bridgehead atoms. The SMILES string of the molecule is CN=C(NCCCSc1nccs1)NCc1ccccc1Cl.I. The fraction of sp³-hybridized carbons (Fsp3) is 0.333. The Kier molecular flexibility index (Phi) is 10.7. The molecule has 0 saturated carbocycles. The zero-order valence-electron chi connectivity index (χ0n) is 12.8. The first-order chi connectivity index (χ1) is 10.8. The van der Waals surface area contributed by atoms with Gasteiger partial charge >= 0.3 is 0 Å². The van der Waals surface area contributed by atoms with Crippen LogP contribution in [-0.4, -0.2) is 30.3 Å². The van der Waals surface area contributed by atoms with Crippen LogP contribution in [0.5, 0.6) is 0 Å². The van der Waals surface area contributed by atoms with Gasteiger partial charge in [0, 0.05) is 42.5 Å². The van der Waals surface area contributed by atoms with Crippen LogP contribution in [0.3, 0.4) is 0 Å². The van der Waals surface area contributed by atoms with Gasteiger partial charge in [-0.15, -0.1) is 35.3 Å². The van der Waals surface area contributed by atoms with Crippen LogP contribution in [0.4, 0.5) is 0 Å². The van der Waals surface area contributed by atoms with Gasteiger partial charge in [-0.05, 0) is 18.1 Å². The molecule has 1 heterocycles. The normalized spacial score (nSPS) is 11.0. The predicted octanol–water partition coefficient (Wildman–Crippen LogP) is 4.26. The molecular formula is C15H20ClIN4S2. The highest BCUT2D eigenvalue weighted by atomic mass is 127. The van der Waals surface area contributed by atoms with Crippen molar-refractivity contribution in [2.75, 3.05) is 19.3 Å². The van der Waals surface area contributed by atoms with E-state index in [0.29, 0.717) is 6.54 Å². The Labute approximate surface area is 167 Å². The maximum Gasteiger partial charge on any atom is 0.191 e. The van der Waals surface area contributed by atoms with Gasteiger partial charge in [0.05, 0.1) is 0 Å². The third-order valence-electron chi connectivity index (χ3n) is 2.88. The summed E-state index contributed by atoms with van der Waals surface area (Å²) in [6, 6.07) is 7.81. The highest BCUT2D eigenvalue weighted by Crippen LogP contribution is 2.20. The van der Waals surface area contributed by atoms with Gasteiger partial charge in [-0.1, -0.05) is 41.6 Å².